The van der Waals surface area contributed by atoms with Gasteiger partial charge in [-0.2, -0.15) is 0 Å². The van der Waals surface area contributed by atoms with Crippen LogP contribution in [0.4, 0.5) is 0 Å². The Kier molecular flexibility index (Phi) is 5.67. The van der Waals surface area contributed by atoms with E-state index in [0.717, 1.165) is 38.1 Å². The normalized spacial score (nSPS) is 40.3. The molecule has 0 bridgehead atoms. The van der Waals surface area contributed by atoms with E-state index in [9.17, 15) is 5.11 Å². The maximum atomic E-state index is 10.6. The summed E-state index contributed by atoms with van der Waals surface area (Å²) in [5.41, 5.74) is -0.441. The van der Waals surface area contributed by atoms with Crippen LogP contribution in [0.5, 0.6) is 0 Å². The van der Waals surface area contributed by atoms with Crippen molar-refractivity contribution in [3.05, 3.63) is 0 Å². The van der Waals surface area contributed by atoms with E-state index in [0.29, 0.717) is 12.1 Å². The minimum Gasteiger partial charge on any atom is -0.389 e. The molecule has 2 aliphatic rings. The van der Waals surface area contributed by atoms with Crippen molar-refractivity contribution >= 4 is 0 Å². The fourth-order valence-corrected chi connectivity index (χ4v) is 3.64. The number of hydrogen-bond donors (Lipinski definition) is 2. The first-order chi connectivity index (χ1) is 9.15. The zero-order chi connectivity index (χ0) is 13.7. The van der Waals surface area contributed by atoms with Crippen molar-refractivity contribution in [2.45, 2.75) is 82.5 Å². The van der Waals surface area contributed by atoms with Gasteiger partial charge in [0.2, 0.25) is 0 Å². The topological polar surface area (TPSA) is 41.5 Å². The van der Waals surface area contributed by atoms with Gasteiger partial charge in [0.05, 0.1) is 11.7 Å². The van der Waals surface area contributed by atoms with Crippen LogP contribution in [0.1, 0.15) is 64.7 Å². The van der Waals surface area contributed by atoms with Crippen LogP contribution in [-0.4, -0.2) is 36.5 Å². The second-order valence-electron chi connectivity index (χ2n) is 6.67. The van der Waals surface area contributed by atoms with Crippen LogP contribution in [0.15, 0.2) is 0 Å². The van der Waals surface area contributed by atoms with E-state index in [4.69, 9.17) is 4.74 Å². The summed E-state index contributed by atoms with van der Waals surface area (Å²) >= 11 is 0. The lowest BCUT2D eigenvalue weighted by Crippen LogP contribution is -2.47. The van der Waals surface area contributed by atoms with E-state index in [2.05, 4.69) is 12.2 Å². The molecule has 0 atom stereocenters. The molecule has 0 amide bonds. The summed E-state index contributed by atoms with van der Waals surface area (Å²) in [6.07, 6.45) is 10.8. The first-order valence-corrected chi connectivity index (χ1v) is 8.14. The molecule has 0 spiro atoms. The van der Waals surface area contributed by atoms with E-state index in [1.165, 1.54) is 32.1 Å². The number of hydrogen-bond acceptors (Lipinski definition) is 3. The van der Waals surface area contributed by atoms with Gasteiger partial charge in [0, 0.05) is 19.7 Å². The van der Waals surface area contributed by atoms with Gasteiger partial charge < -0.3 is 15.2 Å². The molecule has 0 aromatic rings. The minimum atomic E-state index is -0.441. The second-order valence-corrected chi connectivity index (χ2v) is 6.67. The molecule has 3 heteroatoms. The number of nitrogens with one attached hydrogen (secondary N) is 1. The highest BCUT2D eigenvalue weighted by Gasteiger charge is 2.33. The lowest BCUT2D eigenvalue weighted by atomic mass is 9.77. The monoisotopic (exact) mass is 269 g/mol. The van der Waals surface area contributed by atoms with Gasteiger partial charge >= 0.3 is 0 Å². The minimum absolute atomic E-state index is 0.441. The molecular formula is C16H31NO2. The predicted molar refractivity (Wildman–Crippen MR) is 78.3 cm³/mol. The second kappa shape index (κ2) is 7.05. The largest absolute Gasteiger partial charge is 0.389 e. The summed E-state index contributed by atoms with van der Waals surface area (Å²) in [6.45, 7) is 3.05. The van der Waals surface area contributed by atoms with Gasteiger partial charge in [-0.05, 0) is 57.3 Å². The van der Waals surface area contributed by atoms with Crippen LogP contribution in [0.3, 0.4) is 0 Å². The zero-order valence-electron chi connectivity index (χ0n) is 12.7. The molecule has 2 rings (SSSR count). The summed E-state index contributed by atoms with van der Waals surface area (Å²) in [5, 5.41) is 14.2. The molecule has 0 unspecified atom stereocenters. The summed E-state index contributed by atoms with van der Waals surface area (Å²) in [4.78, 5) is 0. The van der Waals surface area contributed by atoms with Crippen LogP contribution in [0, 0.1) is 5.92 Å². The Bertz CT molecular complexity index is 253. The maximum absolute atomic E-state index is 10.6. The van der Waals surface area contributed by atoms with Crippen molar-refractivity contribution in [1.82, 2.24) is 5.32 Å². The molecule has 0 aromatic carbocycles. The quantitative estimate of drug-likeness (QED) is 0.806. The Morgan fingerprint density at radius 2 is 1.74 bits per heavy atom. The third kappa shape index (κ3) is 4.44. The molecule has 3 nitrogen and oxygen atoms in total. The molecule has 0 aliphatic heterocycles. The highest BCUT2D eigenvalue weighted by atomic mass is 16.5. The molecule has 2 saturated carbocycles. The number of methoxy groups -OCH3 is 1. The van der Waals surface area contributed by atoms with Gasteiger partial charge in [-0.1, -0.05) is 13.3 Å². The molecule has 112 valence electrons. The van der Waals surface area contributed by atoms with Crippen molar-refractivity contribution < 1.29 is 9.84 Å². The van der Waals surface area contributed by atoms with Crippen LogP contribution >= 0.6 is 0 Å². The smallest absolute Gasteiger partial charge is 0.0771 e. The Labute approximate surface area is 118 Å². The van der Waals surface area contributed by atoms with E-state index >= 15 is 0 Å². The van der Waals surface area contributed by atoms with E-state index in [1.54, 1.807) is 0 Å². The Morgan fingerprint density at radius 3 is 2.26 bits per heavy atom. The summed E-state index contributed by atoms with van der Waals surface area (Å²) in [7, 11) is 1.81. The molecular weight excluding hydrogens is 238 g/mol. The van der Waals surface area contributed by atoms with Crippen LogP contribution < -0.4 is 5.32 Å². The average Bonchev–Trinajstić information content (AvgIpc) is 2.47. The van der Waals surface area contributed by atoms with Gasteiger partial charge in [-0.25, -0.2) is 0 Å². The van der Waals surface area contributed by atoms with Crippen LogP contribution in [0.25, 0.3) is 0 Å². The van der Waals surface area contributed by atoms with Crippen molar-refractivity contribution in [3.63, 3.8) is 0 Å². The predicted octanol–water partition coefficient (Wildman–Crippen LogP) is 2.86. The Hall–Kier alpha value is -0.120. The van der Waals surface area contributed by atoms with Gasteiger partial charge in [0.25, 0.3) is 0 Å². The summed E-state index contributed by atoms with van der Waals surface area (Å²) < 4.78 is 5.40. The summed E-state index contributed by atoms with van der Waals surface area (Å²) in [5.74, 6) is 0.845. The van der Waals surface area contributed by atoms with Gasteiger partial charge in [0.1, 0.15) is 0 Å². The molecule has 2 fully saturated rings. The third-order valence-electron chi connectivity index (χ3n) is 5.34. The van der Waals surface area contributed by atoms with Crippen molar-refractivity contribution in [1.29, 1.82) is 0 Å². The molecule has 19 heavy (non-hydrogen) atoms. The SMILES string of the molecule is CCC1CCC(O)(CNC2CCC(OC)CC2)CC1. The van der Waals surface area contributed by atoms with E-state index < -0.39 is 5.60 Å². The van der Waals surface area contributed by atoms with Gasteiger partial charge in [-0.15, -0.1) is 0 Å². The lowest BCUT2D eigenvalue weighted by molar-refractivity contribution is -0.0135. The lowest BCUT2D eigenvalue weighted by Gasteiger charge is -2.38. The third-order valence-corrected chi connectivity index (χ3v) is 5.34. The average molecular weight is 269 g/mol. The number of ether oxygens (including phenoxy) is 1. The standard InChI is InChI=1S/C16H31NO2/c1-3-13-8-10-16(18,11-9-13)12-17-14-4-6-15(19-2)7-5-14/h13-15,17-18H,3-12H2,1-2H3. The fraction of sp³-hybridized carbons (Fsp3) is 1.00. The molecule has 0 radical (unpaired) electrons. The van der Waals surface area contributed by atoms with Crippen molar-refractivity contribution in [3.8, 4) is 0 Å². The first-order valence-electron chi connectivity index (χ1n) is 8.14. The fourth-order valence-electron chi connectivity index (χ4n) is 3.64. The summed E-state index contributed by atoms with van der Waals surface area (Å²) in [6, 6.07) is 0.583. The molecule has 0 aromatic heterocycles. The van der Waals surface area contributed by atoms with Crippen molar-refractivity contribution in [2.75, 3.05) is 13.7 Å². The van der Waals surface area contributed by atoms with Gasteiger partial charge in [-0.3, -0.25) is 0 Å². The van der Waals surface area contributed by atoms with Crippen molar-refractivity contribution in [2.24, 2.45) is 5.92 Å². The highest BCUT2D eigenvalue weighted by molar-refractivity contribution is 4.89. The first kappa shape index (κ1) is 15.3. The van der Waals surface area contributed by atoms with E-state index in [1.807, 2.05) is 7.11 Å². The molecule has 0 saturated heterocycles. The Balaban J connectivity index is 1.68. The zero-order valence-corrected chi connectivity index (χ0v) is 12.7. The number of rotatable bonds is 5. The van der Waals surface area contributed by atoms with E-state index in [-0.39, 0.29) is 0 Å². The Morgan fingerprint density at radius 1 is 1.11 bits per heavy atom. The number of aliphatic hydroxyl groups is 1. The maximum Gasteiger partial charge on any atom is 0.0771 e. The molecule has 2 N–H and O–H groups in total. The van der Waals surface area contributed by atoms with Gasteiger partial charge in [0.15, 0.2) is 0 Å². The van der Waals surface area contributed by atoms with Crippen LogP contribution in [0.2, 0.25) is 0 Å². The van der Waals surface area contributed by atoms with Crippen LogP contribution in [-0.2, 0) is 4.74 Å². The molecule has 0 heterocycles. The molecule has 2 aliphatic carbocycles. The highest BCUT2D eigenvalue weighted by Crippen LogP contribution is 2.33.